The standard InChI is InChI=1S/C31H28ClNO4.ClH/c32-25-12-8-21(9-13-25)29(34)19-33-26-14-10-20-6-7-22(16-24(20)17-26)23-11-15-28(31(35)36)30(18-23)37-27-4-2-1-3-5-27;/h1-9,11-13,15-16,18,26,29,33-34H,10,14,17,19H2,(H,35,36);1H/t26-,29+;/m0./s1. The molecule has 2 atom stereocenters. The molecule has 0 heterocycles. The molecule has 4 aromatic carbocycles. The van der Waals surface area contributed by atoms with Crippen LogP contribution in [0.1, 0.15) is 39.6 Å². The number of carbonyl (C=O) groups is 1. The topological polar surface area (TPSA) is 78.8 Å². The number of nitrogens with one attached hydrogen (secondary N) is 1. The minimum atomic E-state index is -1.03. The first-order valence-corrected chi connectivity index (χ1v) is 12.7. The Morgan fingerprint density at radius 1 is 0.947 bits per heavy atom. The number of rotatable bonds is 8. The molecule has 1 aliphatic rings. The number of halogens is 2. The first kappa shape index (κ1) is 27.7. The fraction of sp³-hybridized carbons (Fsp3) is 0.194. The molecule has 4 aromatic rings. The van der Waals surface area contributed by atoms with Crippen molar-refractivity contribution in [2.24, 2.45) is 0 Å². The van der Waals surface area contributed by atoms with Crippen LogP contribution in [0.3, 0.4) is 0 Å². The number of para-hydroxylation sites is 1. The van der Waals surface area contributed by atoms with Gasteiger partial charge in [0, 0.05) is 17.6 Å². The van der Waals surface area contributed by atoms with Gasteiger partial charge in [-0.3, -0.25) is 0 Å². The maximum Gasteiger partial charge on any atom is 0.339 e. The monoisotopic (exact) mass is 549 g/mol. The number of carboxylic acids is 1. The Labute approximate surface area is 233 Å². The Bertz CT molecular complexity index is 1390. The Kier molecular flexibility index (Phi) is 9.08. The molecule has 1 aliphatic carbocycles. The summed E-state index contributed by atoms with van der Waals surface area (Å²) in [6.07, 6.45) is 2.23. The van der Waals surface area contributed by atoms with Crippen LogP contribution in [0.25, 0.3) is 11.1 Å². The quantitative estimate of drug-likeness (QED) is 0.218. The minimum absolute atomic E-state index is 0. The third-order valence-electron chi connectivity index (χ3n) is 6.81. The second-order valence-corrected chi connectivity index (χ2v) is 9.77. The summed E-state index contributed by atoms with van der Waals surface area (Å²) in [5.74, 6) is -0.135. The predicted octanol–water partition coefficient (Wildman–Crippen LogP) is 7.10. The van der Waals surface area contributed by atoms with Crippen molar-refractivity contribution in [2.45, 2.75) is 31.4 Å². The van der Waals surface area contributed by atoms with Crippen LogP contribution in [0.5, 0.6) is 11.5 Å². The molecule has 0 saturated heterocycles. The maximum atomic E-state index is 11.8. The van der Waals surface area contributed by atoms with Gasteiger partial charge in [0.25, 0.3) is 0 Å². The van der Waals surface area contributed by atoms with Gasteiger partial charge in [0.05, 0.1) is 6.10 Å². The van der Waals surface area contributed by atoms with E-state index in [-0.39, 0.29) is 24.0 Å². The smallest absolute Gasteiger partial charge is 0.339 e. The lowest BCUT2D eigenvalue weighted by Crippen LogP contribution is -2.37. The molecule has 0 fully saturated rings. The van der Waals surface area contributed by atoms with Gasteiger partial charge in [-0.2, -0.15) is 0 Å². The van der Waals surface area contributed by atoms with Crippen LogP contribution in [-0.4, -0.2) is 28.8 Å². The van der Waals surface area contributed by atoms with Crippen molar-refractivity contribution in [3.05, 3.63) is 118 Å². The third-order valence-corrected chi connectivity index (χ3v) is 7.06. The molecule has 5 rings (SSSR count). The van der Waals surface area contributed by atoms with Crippen molar-refractivity contribution in [3.63, 3.8) is 0 Å². The van der Waals surface area contributed by atoms with Crippen LogP contribution in [0.4, 0.5) is 0 Å². The fourth-order valence-electron chi connectivity index (χ4n) is 4.77. The molecule has 0 unspecified atom stereocenters. The molecule has 0 spiro atoms. The number of aliphatic hydroxyl groups is 1. The molecule has 0 aliphatic heterocycles. The molecule has 38 heavy (non-hydrogen) atoms. The molecule has 0 radical (unpaired) electrons. The number of ether oxygens (including phenoxy) is 1. The van der Waals surface area contributed by atoms with E-state index in [9.17, 15) is 15.0 Å². The van der Waals surface area contributed by atoms with E-state index < -0.39 is 12.1 Å². The summed E-state index contributed by atoms with van der Waals surface area (Å²) in [6, 6.07) is 28.4. The molecule has 3 N–H and O–H groups in total. The minimum Gasteiger partial charge on any atom is -0.478 e. The van der Waals surface area contributed by atoms with Crippen LogP contribution in [0, 0.1) is 0 Å². The number of hydrogen-bond donors (Lipinski definition) is 3. The summed E-state index contributed by atoms with van der Waals surface area (Å²) in [6.45, 7) is 0.470. The van der Waals surface area contributed by atoms with E-state index in [1.165, 1.54) is 11.1 Å². The number of fused-ring (bicyclic) bond motifs is 1. The summed E-state index contributed by atoms with van der Waals surface area (Å²) in [7, 11) is 0. The van der Waals surface area contributed by atoms with E-state index in [0.29, 0.717) is 23.1 Å². The number of hydrogen-bond acceptors (Lipinski definition) is 4. The lowest BCUT2D eigenvalue weighted by Gasteiger charge is -2.27. The van der Waals surface area contributed by atoms with Crippen molar-refractivity contribution in [2.75, 3.05) is 6.54 Å². The lowest BCUT2D eigenvalue weighted by molar-refractivity contribution is 0.0694. The molecule has 0 bridgehead atoms. The van der Waals surface area contributed by atoms with Gasteiger partial charge in [-0.05, 0) is 83.5 Å². The Hall–Kier alpha value is -3.35. The van der Waals surface area contributed by atoms with Crippen molar-refractivity contribution in [3.8, 4) is 22.6 Å². The van der Waals surface area contributed by atoms with E-state index in [4.69, 9.17) is 16.3 Å². The van der Waals surface area contributed by atoms with Gasteiger partial charge in [-0.1, -0.05) is 66.2 Å². The summed E-state index contributed by atoms with van der Waals surface area (Å²) in [5.41, 5.74) is 5.45. The van der Waals surface area contributed by atoms with Gasteiger partial charge >= 0.3 is 5.97 Å². The molecule has 0 aromatic heterocycles. The third kappa shape index (κ3) is 6.55. The normalized spacial score (nSPS) is 15.2. The van der Waals surface area contributed by atoms with Gasteiger partial charge in [-0.25, -0.2) is 4.79 Å². The second kappa shape index (κ2) is 12.5. The van der Waals surface area contributed by atoms with Gasteiger partial charge in [0.15, 0.2) is 0 Å². The van der Waals surface area contributed by atoms with E-state index >= 15 is 0 Å². The fourth-order valence-corrected chi connectivity index (χ4v) is 4.90. The van der Waals surface area contributed by atoms with Crippen molar-refractivity contribution < 1.29 is 19.7 Å². The first-order valence-electron chi connectivity index (χ1n) is 12.4. The number of aryl methyl sites for hydroxylation is 1. The summed E-state index contributed by atoms with van der Waals surface area (Å²) in [4.78, 5) is 11.8. The van der Waals surface area contributed by atoms with Gasteiger partial charge in [0.2, 0.25) is 0 Å². The van der Waals surface area contributed by atoms with Gasteiger partial charge in [-0.15, -0.1) is 12.4 Å². The number of benzene rings is 4. The average molecular weight is 550 g/mol. The van der Waals surface area contributed by atoms with Crippen LogP contribution >= 0.6 is 24.0 Å². The lowest BCUT2D eigenvalue weighted by atomic mass is 9.86. The summed E-state index contributed by atoms with van der Waals surface area (Å²) >= 11 is 5.96. The SMILES string of the molecule is Cl.O=C(O)c1ccc(-c2ccc3c(c2)C[C@@H](NC[C@@H](O)c2ccc(Cl)cc2)CC3)cc1Oc1ccccc1. The number of aromatic carboxylic acids is 1. The Morgan fingerprint density at radius 2 is 1.66 bits per heavy atom. The molecular weight excluding hydrogens is 521 g/mol. The molecule has 0 amide bonds. The highest BCUT2D eigenvalue weighted by Crippen LogP contribution is 2.33. The Morgan fingerprint density at radius 3 is 2.39 bits per heavy atom. The van der Waals surface area contributed by atoms with Crippen LogP contribution < -0.4 is 10.1 Å². The number of aliphatic hydroxyl groups excluding tert-OH is 1. The highest BCUT2D eigenvalue weighted by atomic mass is 35.5. The molecule has 7 heteroatoms. The van der Waals surface area contributed by atoms with Crippen molar-refractivity contribution in [1.82, 2.24) is 5.32 Å². The highest BCUT2D eigenvalue weighted by Gasteiger charge is 2.21. The number of carboxylic acid groups (broad SMARTS) is 1. The zero-order valence-corrected chi connectivity index (χ0v) is 22.2. The van der Waals surface area contributed by atoms with E-state index in [1.54, 1.807) is 36.4 Å². The molecule has 5 nitrogen and oxygen atoms in total. The second-order valence-electron chi connectivity index (χ2n) is 9.33. The molecular formula is C31H29Cl2NO4. The molecule has 196 valence electrons. The van der Waals surface area contributed by atoms with Crippen LogP contribution in [0.15, 0.2) is 91.0 Å². The Balaban J connectivity index is 0.00000336. The highest BCUT2D eigenvalue weighted by molar-refractivity contribution is 6.30. The van der Waals surface area contributed by atoms with E-state index in [1.807, 2.05) is 36.4 Å². The van der Waals surface area contributed by atoms with Crippen LogP contribution in [0.2, 0.25) is 5.02 Å². The molecule has 0 saturated carbocycles. The van der Waals surface area contributed by atoms with E-state index in [2.05, 4.69) is 23.5 Å². The zero-order chi connectivity index (χ0) is 25.8. The van der Waals surface area contributed by atoms with Crippen molar-refractivity contribution in [1.29, 1.82) is 0 Å². The first-order chi connectivity index (χ1) is 18.0. The largest absolute Gasteiger partial charge is 0.478 e. The predicted molar refractivity (Wildman–Crippen MR) is 153 cm³/mol. The maximum absolute atomic E-state index is 11.8. The van der Waals surface area contributed by atoms with Crippen LogP contribution in [-0.2, 0) is 12.8 Å². The van der Waals surface area contributed by atoms with E-state index in [0.717, 1.165) is 36.0 Å². The van der Waals surface area contributed by atoms with Gasteiger partial charge in [0.1, 0.15) is 17.1 Å². The van der Waals surface area contributed by atoms with Gasteiger partial charge < -0.3 is 20.3 Å². The van der Waals surface area contributed by atoms with Crippen molar-refractivity contribution >= 4 is 30.0 Å². The zero-order valence-electron chi connectivity index (χ0n) is 20.6. The summed E-state index contributed by atoms with van der Waals surface area (Å²) in [5, 5.41) is 24.4. The summed E-state index contributed by atoms with van der Waals surface area (Å²) < 4.78 is 5.94. The average Bonchev–Trinajstić information content (AvgIpc) is 2.92.